The van der Waals surface area contributed by atoms with E-state index in [4.69, 9.17) is 11.6 Å². The summed E-state index contributed by atoms with van der Waals surface area (Å²) in [6.45, 7) is 0.587. The molecule has 2 aromatic heterocycles. The number of aromatic nitrogens is 3. The molecule has 0 amide bonds. The summed E-state index contributed by atoms with van der Waals surface area (Å²) in [4.78, 5) is 12.0. The Hall–Kier alpha value is -1.93. The van der Waals surface area contributed by atoms with Gasteiger partial charge in [0.05, 0.1) is 17.7 Å². The number of thiazole rings is 1. The quantitative estimate of drug-likeness (QED) is 0.449. The number of rotatable bonds is 4. The van der Waals surface area contributed by atoms with Gasteiger partial charge in [0.15, 0.2) is 0 Å². The molecule has 0 aliphatic rings. The first-order chi connectivity index (χ1) is 7.78. The largest absolute Gasteiger partial charge is 0.368 e. The van der Waals surface area contributed by atoms with Gasteiger partial charge in [0.2, 0.25) is 5.95 Å². The van der Waals surface area contributed by atoms with Gasteiger partial charge < -0.3 is 16.5 Å². The van der Waals surface area contributed by atoms with Crippen LogP contribution in [0.2, 0.25) is 0 Å². The maximum absolute atomic E-state index is 5.51. The molecule has 7 nitrogen and oxygen atoms in total. The van der Waals surface area contributed by atoms with Crippen molar-refractivity contribution in [3.05, 3.63) is 22.7 Å². The van der Waals surface area contributed by atoms with Gasteiger partial charge in [-0.25, -0.2) is 10.8 Å². The number of nitrogens with two attached hydrogens (primary N) is 2. The second-order valence-electron chi connectivity index (χ2n) is 2.97. The second-order valence-corrected chi connectivity index (χ2v) is 3.69. The van der Waals surface area contributed by atoms with E-state index in [0.29, 0.717) is 18.2 Å². The Morgan fingerprint density at radius 1 is 1.31 bits per heavy atom. The molecule has 0 radical (unpaired) electrons. The Morgan fingerprint density at radius 3 is 2.81 bits per heavy atom. The number of nitrogens with zero attached hydrogens (tertiary/aromatic N) is 3. The molecule has 0 atom stereocenters. The summed E-state index contributed by atoms with van der Waals surface area (Å²) in [6, 6.07) is 1.67. The molecule has 8 heteroatoms. The van der Waals surface area contributed by atoms with E-state index in [1.165, 1.54) is 0 Å². The van der Waals surface area contributed by atoms with Crippen LogP contribution in [0.3, 0.4) is 0 Å². The summed E-state index contributed by atoms with van der Waals surface area (Å²) in [5.41, 5.74) is 10.7. The van der Waals surface area contributed by atoms with E-state index >= 15 is 0 Å². The van der Waals surface area contributed by atoms with Gasteiger partial charge >= 0.3 is 0 Å². The van der Waals surface area contributed by atoms with E-state index in [1.54, 1.807) is 22.9 Å². The van der Waals surface area contributed by atoms with Crippen LogP contribution in [0.15, 0.2) is 17.0 Å². The predicted molar refractivity (Wildman–Crippen MR) is 63.7 cm³/mol. The highest BCUT2D eigenvalue weighted by Crippen LogP contribution is 2.12. The SMILES string of the molecule is NNc1cc(NCc2cscn2)nc(N)n1. The van der Waals surface area contributed by atoms with E-state index in [9.17, 15) is 0 Å². The minimum absolute atomic E-state index is 0.163. The van der Waals surface area contributed by atoms with Crippen molar-refractivity contribution in [2.45, 2.75) is 6.54 Å². The molecule has 0 fully saturated rings. The maximum atomic E-state index is 5.51. The molecular formula is C8H11N7S. The molecule has 0 saturated carbocycles. The molecule has 2 heterocycles. The molecule has 16 heavy (non-hydrogen) atoms. The Labute approximate surface area is 95.9 Å². The first-order valence-electron chi connectivity index (χ1n) is 4.50. The third-order valence-corrected chi connectivity index (χ3v) is 2.46. The van der Waals surface area contributed by atoms with Gasteiger partial charge in [0.1, 0.15) is 11.6 Å². The molecule has 0 aliphatic heterocycles. The zero-order chi connectivity index (χ0) is 11.4. The van der Waals surface area contributed by atoms with E-state index in [-0.39, 0.29) is 5.95 Å². The van der Waals surface area contributed by atoms with Crippen LogP contribution in [0.1, 0.15) is 5.69 Å². The standard InChI is InChI=1S/C8H11N7S/c9-8-13-6(1-7(14-8)15-10)11-2-5-3-16-4-12-5/h1,3-4H,2,10H2,(H4,9,11,13,14,15). The van der Waals surface area contributed by atoms with Gasteiger partial charge in [0.25, 0.3) is 0 Å². The lowest BCUT2D eigenvalue weighted by atomic mass is 10.4. The van der Waals surface area contributed by atoms with Crippen LogP contribution < -0.4 is 22.3 Å². The average molecular weight is 237 g/mol. The number of anilines is 3. The average Bonchev–Trinajstić information content (AvgIpc) is 2.78. The smallest absolute Gasteiger partial charge is 0.223 e. The normalized spacial score (nSPS) is 10.1. The third kappa shape index (κ3) is 2.55. The third-order valence-electron chi connectivity index (χ3n) is 1.83. The number of hydrazine groups is 1. The Balaban J connectivity index is 2.06. The zero-order valence-electron chi connectivity index (χ0n) is 8.34. The van der Waals surface area contributed by atoms with Crippen molar-refractivity contribution in [3.63, 3.8) is 0 Å². The fourth-order valence-electron chi connectivity index (χ4n) is 1.14. The zero-order valence-corrected chi connectivity index (χ0v) is 9.16. The first-order valence-corrected chi connectivity index (χ1v) is 5.44. The van der Waals surface area contributed by atoms with Crippen molar-refractivity contribution >= 4 is 28.9 Å². The summed E-state index contributed by atoms with van der Waals surface area (Å²) in [7, 11) is 0. The molecule has 0 spiro atoms. The molecule has 2 rings (SSSR count). The summed E-state index contributed by atoms with van der Waals surface area (Å²) in [6.07, 6.45) is 0. The fourth-order valence-corrected chi connectivity index (χ4v) is 1.69. The fraction of sp³-hybridized carbons (Fsp3) is 0.125. The van der Waals surface area contributed by atoms with E-state index < -0.39 is 0 Å². The van der Waals surface area contributed by atoms with E-state index in [1.807, 2.05) is 5.38 Å². The lowest BCUT2D eigenvalue weighted by molar-refractivity contribution is 1.04. The van der Waals surface area contributed by atoms with Gasteiger partial charge in [-0.2, -0.15) is 9.97 Å². The monoisotopic (exact) mass is 237 g/mol. The van der Waals surface area contributed by atoms with Gasteiger partial charge in [-0.1, -0.05) is 0 Å². The van der Waals surface area contributed by atoms with Crippen LogP contribution in [-0.2, 0) is 6.54 Å². The first kappa shape index (κ1) is 10.6. The lowest BCUT2D eigenvalue weighted by Crippen LogP contribution is -2.12. The van der Waals surface area contributed by atoms with Gasteiger partial charge in [-0.15, -0.1) is 11.3 Å². The summed E-state index contributed by atoms with van der Waals surface area (Å²) < 4.78 is 0. The van der Waals surface area contributed by atoms with Gasteiger partial charge in [-0.05, 0) is 0 Å². The number of nitrogens with one attached hydrogen (secondary N) is 2. The van der Waals surface area contributed by atoms with Gasteiger partial charge in [-0.3, -0.25) is 0 Å². The van der Waals surface area contributed by atoms with Crippen LogP contribution in [0.4, 0.5) is 17.6 Å². The molecule has 0 aliphatic carbocycles. The van der Waals surface area contributed by atoms with Crippen LogP contribution >= 0.6 is 11.3 Å². The molecule has 2 aromatic rings. The van der Waals surface area contributed by atoms with Crippen LogP contribution in [-0.4, -0.2) is 15.0 Å². The molecular weight excluding hydrogens is 226 g/mol. The molecule has 0 unspecified atom stereocenters. The van der Waals surface area contributed by atoms with Crippen LogP contribution in [0.25, 0.3) is 0 Å². The highest BCUT2D eigenvalue weighted by Gasteiger charge is 2.01. The second kappa shape index (κ2) is 4.73. The molecule has 84 valence electrons. The minimum atomic E-state index is 0.163. The van der Waals surface area contributed by atoms with Crippen molar-refractivity contribution in [1.82, 2.24) is 15.0 Å². The summed E-state index contributed by atoms with van der Waals surface area (Å²) in [5, 5.41) is 5.04. The van der Waals surface area contributed by atoms with Crippen molar-refractivity contribution in [3.8, 4) is 0 Å². The predicted octanol–water partition coefficient (Wildman–Crippen LogP) is 0.413. The summed E-state index contributed by atoms with van der Waals surface area (Å²) >= 11 is 1.54. The van der Waals surface area contributed by atoms with Crippen LogP contribution in [0.5, 0.6) is 0 Å². The van der Waals surface area contributed by atoms with Crippen molar-refractivity contribution in [2.24, 2.45) is 5.84 Å². The van der Waals surface area contributed by atoms with Crippen LogP contribution in [0, 0.1) is 0 Å². The Kier molecular flexibility index (Phi) is 3.13. The van der Waals surface area contributed by atoms with Crippen molar-refractivity contribution < 1.29 is 0 Å². The number of hydrogen-bond donors (Lipinski definition) is 4. The molecule has 6 N–H and O–H groups in total. The summed E-state index contributed by atoms with van der Waals surface area (Å²) in [5.74, 6) is 6.48. The molecule has 0 bridgehead atoms. The Bertz CT molecular complexity index is 455. The van der Waals surface area contributed by atoms with Crippen molar-refractivity contribution in [2.75, 3.05) is 16.5 Å². The highest BCUT2D eigenvalue weighted by molar-refractivity contribution is 7.07. The molecule has 0 aromatic carbocycles. The Morgan fingerprint density at radius 2 is 2.12 bits per heavy atom. The maximum Gasteiger partial charge on any atom is 0.223 e. The lowest BCUT2D eigenvalue weighted by Gasteiger charge is -2.06. The topological polar surface area (TPSA) is 115 Å². The number of hydrogen-bond acceptors (Lipinski definition) is 8. The molecule has 0 saturated heterocycles. The van der Waals surface area contributed by atoms with E-state index in [2.05, 4.69) is 25.7 Å². The van der Waals surface area contributed by atoms with E-state index in [0.717, 1.165) is 5.69 Å². The van der Waals surface area contributed by atoms with Gasteiger partial charge in [0, 0.05) is 11.4 Å². The highest BCUT2D eigenvalue weighted by atomic mass is 32.1. The number of nitrogen functional groups attached to an aromatic ring is 2. The van der Waals surface area contributed by atoms with Crippen molar-refractivity contribution in [1.29, 1.82) is 0 Å². The minimum Gasteiger partial charge on any atom is -0.368 e.